The van der Waals surface area contributed by atoms with Crippen molar-refractivity contribution in [1.29, 1.82) is 0 Å². The molecule has 1 aromatic rings. The zero-order valence-electron chi connectivity index (χ0n) is 13.3. The molecule has 0 aliphatic carbocycles. The highest BCUT2D eigenvalue weighted by Gasteiger charge is 2.15. The lowest BCUT2D eigenvalue weighted by Crippen LogP contribution is -2.39. The summed E-state index contributed by atoms with van der Waals surface area (Å²) in [5, 5.41) is 7.28. The molecule has 2 unspecified atom stereocenters. The molecule has 0 radical (unpaired) electrons. The maximum Gasteiger partial charge on any atom is 0.0207 e. The number of hydrogen-bond donors (Lipinski definition) is 2. The van der Waals surface area contributed by atoms with E-state index in [-0.39, 0.29) is 0 Å². The van der Waals surface area contributed by atoms with Crippen molar-refractivity contribution < 1.29 is 0 Å². The lowest BCUT2D eigenvalue weighted by Gasteiger charge is -2.26. The molecule has 20 heavy (non-hydrogen) atoms. The first-order chi connectivity index (χ1) is 9.65. The molecule has 0 amide bonds. The monoisotopic (exact) mass is 274 g/mol. The molecule has 2 atom stereocenters. The number of hydrogen-bond acceptors (Lipinski definition) is 2. The Morgan fingerprint density at radius 3 is 2.50 bits per heavy atom. The Labute approximate surface area is 124 Å². The minimum Gasteiger partial charge on any atom is -0.314 e. The third kappa shape index (κ3) is 4.92. The van der Waals surface area contributed by atoms with E-state index in [9.17, 15) is 0 Å². The largest absolute Gasteiger partial charge is 0.314 e. The van der Waals surface area contributed by atoms with Gasteiger partial charge in [-0.1, -0.05) is 44.5 Å². The Morgan fingerprint density at radius 1 is 1.15 bits per heavy atom. The Hall–Kier alpha value is -0.860. The molecule has 1 fully saturated rings. The van der Waals surface area contributed by atoms with Crippen LogP contribution in [0.25, 0.3) is 0 Å². The lowest BCUT2D eigenvalue weighted by atomic mass is 9.98. The Kier molecular flexibility index (Phi) is 6.06. The Bertz CT molecular complexity index is 377. The van der Waals surface area contributed by atoms with Gasteiger partial charge in [-0.05, 0) is 49.8 Å². The second kappa shape index (κ2) is 7.80. The summed E-state index contributed by atoms with van der Waals surface area (Å²) in [6.07, 6.45) is 5.32. The minimum absolute atomic E-state index is 0.579. The molecule has 1 heterocycles. The van der Waals surface area contributed by atoms with Crippen LogP contribution in [0.1, 0.15) is 63.5 Å². The van der Waals surface area contributed by atoms with Crippen LogP contribution in [0.5, 0.6) is 0 Å². The van der Waals surface area contributed by atoms with E-state index < -0.39 is 0 Å². The summed E-state index contributed by atoms with van der Waals surface area (Å²) < 4.78 is 0. The summed E-state index contributed by atoms with van der Waals surface area (Å²) in [6, 6.07) is 10.3. The molecule has 2 rings (SSSR count). The van der Waals surface area contributed by atoms with Crippen LogP contribution in [0.4, 0.5) is 0 Å². The van der Waals surface area contributed by atoms with Gasteiger partial charge in [-0.3, -0.25) is 0 Å². The van der Waals surface area contributed by atoms with Crippen molar-refractivity contribution >= 4 is 0 Å². The maximum atomic E-state index is 3.65. The van der Waals surface area contributed by atoms with E-state index in [1.165, 1.54) is 43.4 Å². The summed E-state index contributed by atoms with van der Waals surface area (Å²) >= 11 is 0. The second-order valence-corrected chi connectivity index (χ2v) is 6.56. The standard InChI is InChI=1S/C18H30N2/c1-14(2)17-9-7-16(8-10-17)13-20-15(3)12-18-6-4-5-11-19-18/h7-10,14-15,18-20H,4-6,11-13H2,1-3H3. The third-order valence-electron chi connectivity index (χ3n) is 4.35. The first-order valence-corrected chi connectivity index (χ1v) is 8.20. The van der Waals surface area contributed by atoms with Gasteiger partial charge < -0.3 is 10.6 Å². The van der Waals surface area contributed by atoms with Gasteiger partial charge in [-0.25, -0.2) is 0 Å². The highest BCUT2D eigenvalue weighted by molar-refractivity contribution is 5.24. The third-order valence-corrected chi connectivity index (χ3v) is 4.35. The van der Waals surface area contributed by atoms with Gasteiger partial charge in [0.05, 0.1) is 0 Å². The predicted octanol–water partition coefficient (Wildman–Crippen LogP) is 3.82. The number of rotatable bonds is 6. The first-order valence-electron chi connectivity index (χ1n) is 8.20. The zero-order valence-corrected chi connectivity index (χ0v) is 13.3. The van der Waals surface area contributed by atoms with Crippen LogP contribution in [0, 0.1) is 0 Å². The van der Waals surface area contributed by atoms with Crippen LogP contribution < -0.4 is 10.6 Å². The van der Waals surface area contributed by atoms with Gasteiger partial charge in [0, 0.05) is 18.6 Å². The van der Waals surface area contributed by atoms with Gasteiger partial charge in [0.15, 0.2) is 0 Å². The van der Waals surface area contributed by atoms with E-state index in [1.807, 2.05) is 0 Å². The van der Waals surface area contributed by atoms with Gasteiger partial charge in [-0.15, -0.1) is 0 Å². The summed E-state index contributed by atoms with van der Waals surface area (Å²) in [4.78, 5) is 0. The van der Waals surface area contributed by atoms with Gasteiger partial charge in [0.2, 0.25) is 0 Å². The highest BCUT2D eigenvalue weighted by Crippen LogP contribution is 2.15. The summed E-state index contributed by atoms with van der Waals surface area (Å²) in [6.45, 7) is 8.97. The lowest BCUT2D eigenvalue weighted by molar-refractivity contribution is 0.344. The van der Waals surface area contributed by atoms with Crippen molar-refractivity contribution in [3.05, 3.63) is 35.4 Å². The van der Waals surface area contributed by atoms with E-state index in [1.54, 1.807) is 0 Å². The molecule has 1 aliphatic rings. The van der Waals surface area contributed by atoms with E-state index in [4.69, 9.17) is 0 Å². The Morgan fingerprint density at radius 2 is 1.90 bits per heavy atom. The fourth-order valence-electron chi connectivity index (χ4n) is 2.95. The minimum atomic E-state index is 0.579. The average molecular weight is 274 g/mol. The van der Waals surface area contributed by atoms with Gasteiger partial charge in [-0.2, -0.15) is 0 Å². The van der Waals surface area contributed by atoms with Gasteiger partial charge in [0.1, 0.15) is 0 Å². The van der Waals surface area contributed by atoms with Crippen LogP contribution in [0.3, 0.4) is 0 Å². The molecule has 1 aromatic carbocycles. The Balaban J connectivity index is 1.73. The topological polar surface area (TPSA) is 24.1 Å². The number of benzene rings is 1. The molecule has 1 saturated heterocycles. The van der Waals surface area contributed by atoms with Crippen molar-refractivity contribution in [3.63, 3.8) is 0 Å². The smallest absolute Gasteiger partial charge is 0.0207 e. The molecule has 2 nitrogen and oxygen atoms in total. The highest BCUT2D eigenvalue weighted by atomic mass is 15.0. The SMILES string of the molecule is CC(CC1CCCCN1)NCc1ccc(C(C)C)cc1. The molecule has 0 bridgehead atoms. The van der Waals surface area contributed by atoms with E-state index >= 15 is 0 Å². The fourth-order valence-corrected chi connectivity index (χ4v) is 2.95. The molecule has 2 N–H and O–H groups in total. The van der Waals surface area contributed by atoms with Crippen molar-refractivity contribution in [2.75, 3.05) is 6.54 Å². The molecular weight excluding hydrogens is 244 g/mol. The molecule has 0 saturated carbocycles. The summed E-state index contributed by atoms with van der Waals surface area (Å²) in [7, 11) is 0. The zero-order chi connectivity index (χ0) is 14.4. The molecule has 0 spiro atoms. The van der Waals surface area contributed by atoms with E-state index in [2.05, 4.69) is 55.7 Å². The summed E-state index contributed by atoms with van der Waals surface area (Å²) in [5.41, 5.74) is 2.81. The fraction of sp³-hybridized carbons (Fsp3) is 0.667. The summed E-state index contributed by atoms with van der Waals surface area (Å²) in [5.74, 6) is 0.619. The number of piperidine rings is 1. The first kappa shape index (κ1) is 15.5. The predicted molar refractivity (Wildman–Crippen MR) is 87.1 cm³/mol. The second-order valence-electron chi connectivity index (χ2n) is 6.56. The van der Waals surface area contributed by atoms with Crippen molar-refractivity contribution in [2.45, 2.75) is 71.0 Å². The van der Waals surface area contributed by atoms with Gasteiger partial charge in [0.25, 0.3) is 0 Å². The van der Waals surface area contributed by atoms with Crippen LogP contribution in [0.15, 0.2) is 24.3 Å². The molecule has 112 valence electrons. The van der Waals surface area contributed by atoms with Crippen molar-refractivity contribution in [1.82, 2.24) is 10.6 Å². The molecular formula is C18H30N2. The normalized spacial score (nSPS) is 21.1. The average Bonchev–Trinajstić information content (AvgIpc) is 2.46. The van der Waals surface area contributed by atoms with E-state index in [0.717, 1.165) is 12.6 Å². The van der Waals surface area contributed by atoms with Crippen LogP contribution in [-0.4, -0.2) is 18.6 Å². The van der Waals surface area contributed by atoms with Crippen LogP contribution in [0.2, 0.25) is 0 Å². The number of nitrogens with one attached hydrogen (secondary N) is 2. The molecule has 0 aromatic heterocycles. The van der Waals surface area contributed by atoms with Gasteiger partial charge >= 0.3 is 0 Å². The molecule has 2 heteroatoms. The maximum absolute atomic E-state index is 3.65. The van der Waals surface area contributed by atoms with Crippen LogP contribution >= 0.6 is 0 Å². The molecule has 1 aliphatic heterocycles. The quantitative estimate of drug-likeness (QED) is 0.824. The van der Waals surface area contributed by atoms with E-state index in [0.29, 0.717) is 12.0 Å². The van der Waals surface area contributed by atoms with Crippen molar-refractivity contribution in [2.24, 2.45) is 0 Å². The van der Waals surface area contributed by atoms with Crippen LogP contribution in [-0.2, 0) is 6.54 Å². The van der Waals surface area contributed by atoms with Crippen molar-refractivity contribution in [3.8, 4) is 0 Å².